The zero-order chi connectivity index (χ0) is 27.3. The highest BCUT2D eigenvalue weighted by Crippen LogP contribution is 2.35. The number of aromatic nitrogens is 2. The first-order chi connectivity index (χ1) is 17.5. The standard InChI is InChI=1S/C24H19F6N3O4/c1-12-20(24(28,29)30)32-23(31-17-9-8-16(25)18(26)19(17)27)33-21(12)37-10-13-6-4-5-7-14(13)15(11-35-2)22(34)36-3/h4-9,11H,10H2,1-3H3,(H,31,32,33)/b15-11+. The Balaban J connectivity index is 2.01. The second-order valence-corrected chi connectivity index (χ2v) is 7.38. The molecule has 0 radical (unpaired) electrons. The van der Waals surface area contributed by atoms with Crippen LogP contribution in [0.1, 0.15) is 22.4 Å². The molecule has 0 aliphatic rings. The van der Waals surface area contributed by atoms with Gasteiger partial charge in [-0.25, -0.2) is 22.9 Å². The summed E-state index contributed by atoms with van der Waals surface area (Å²) in [6.45, 7) is 0.707. The fraction of sp³-hybridized carbons (Fsp3) is 0.208. The summed E-state index contributed by atoms with van der Waals surface area (Å²) in [4.78, 5) is 19.4. The highest BCUT2D eigenvalue weighted by molar-refractivity contribution is 6.16. The second-order valence-electron chi connectivity index (χ2n) is 7.38. The van der Waals surface area contributed by atoms with Gasteiger partial charge in [0.15, 0.2) is 23.1 Å². The monoisotopic (exact) mass is 527 g/mol. The summed E-state index contributed by atoms with van der Waals surface area (Å²) in [6.07, 6.45) is -3.81. The Morgan fingerprint density at radius 1 is 1.03 bits per heavy atom. The van der Waals surface area contributed by atoms with Crippen LogP contribution < -0.4 is 10.1 Å². The van der Waals surface area contributed by atoms with Gasteiger partial charge >= 0.3 is 12.1 Å². The molecule has 196 valence electrons. The predicted molar refractivity (Wildman–Crippen MR) is 119 cm³/mol. The van der Waals surface area contributed by atoms with Crippen LogP contribution in [0.3, 0.4) is 0 Å². The van der Waals surface area contributed by atoms with Crippen molar-refractivity contribution >= 4 is 23.2 Å². The van der Waals surface area contributed by atoms with E-state index in [2.05, 4.69) is 15.3 Å². The third-order valence-corrected chi connectivity index (χ3v) is 4.96. The maximum atomic E-state index is 14.1. The average molecular weight is 527 g/mol. The van der Waals surface area contributed by atoms with Crippen molar-refractivity contribution in [2.75, 3.05) is 19.5 Å². The molecule has 1 aromatic heterocycles. The van der Waals surface area contributed by atoms with E-state index in [0.29, 0.717) is 17.2 Å². The maximum absolute atomic E-state index is 14.1. The Kier molecular flexibility index (Phi) is 8.25. The van der Waals surface area contributed by atoms with Gasteiger partial charge in [0.2, 0.25) is 11.8 Å². The van der Waals surface area contributed by atoms with Crippen LogP contribution in [0.25, 0.3) is 5.57 Å². The number of anilines is 2. The molecule has 0 unspecified atom stereocenters. The number of hydrogen-bond acceptors (Lipinski definition) is 7. The lowest BCUT2D eigenvalue weighted by molar-refractivity contribution is -0.141. The molecular formula is C24H19F6N3O4. The molecule has 0 aliphatic carbocycles. The molecular weight excluding hydrogens is 508 g/mol. The van der Waals surface area contributed by atoms with Crippen molar-refractivity contribution in [3.8, 4) is 5.88 Å². The molecule has 0 spiro atoms. The van der Waals surface area contributed by atoms with Gasteiger partial charge in [-0.1, -0.05) is 24.3 Å². The zero-order valence-corrected chi connectivity index (χ0v) is 19.5. The lowest BCUT2D eigenvalue weighted by Crippen LogP contribution is -2.15. The normalized spacial score (nSPS) is 11.8. The highest BCUT2D eigenvalue weighted by Gasteiger charge is 2.37. The lowest BCUT2D eigenvalue weighted by Gasteiger charge is -2.17. The minimum absolute atomic E-state index is 0.0238. The molecule has 1 heterocycles. The van der Waals surface area contributed by atoms with Crippen LogP contribution in [0, 0.1) is 24.4 Å². The number of alkyl halides is 3. The summed E-state index contributed by atoms with van der Waals surface area (Å²) < 4.78 is 97.1. The van der Waals surface area contributed by atoms with Crippen molar-refractivity contribution in [2.24, 2.45) is 0 Å². The van der Waals surface area contributed by atoms with Crippen molar-refractivity contribution < 1.29 is 45.3 Å². The van der Waals surface area contributed by atoms with Crippen LogP contribution in [-0.2, 0) is 27.1 Å². The number of benzene rings is 2. The van der Waals surface area contributed by atoms with Crippen molar-refractivity contribution in [1.82, 2.24) is 9.97 Å². The molecule has 37 heavy (non-hydrogen) atoms. The van der Waals surface area contributed by atoms with Gasteiger partial charge in [-0.15, -0.1) is 0 Å². The first-order valence-electron chi connectivity index (χ1n) is 10.4. The third-order valence-electron chi connectivity index (χ3n) is 4.96. The van der Waals surface area contributed by atoms with Crippen LogP contribution in [0.2, 0.25) is 0 Å². The number of halogens is 6. The first-order valence-corrected chi connectivity index (χ1v) is 10.4. The van der Waals surface area contributed by atoms with Crippen LogP contribution >= 0.6 is 0 Å². The molecule has 0 bridgehead atoms. The number of nitrogens with one attached hydrogen (secondary N) is 1. The Labute approximate surface area is 206 Å². The van der Waals surface area contributed by atoms with Crippen LogP contribution in [-0.4, -0.2) is 30.2 Å². The summed E-state index contributed by atoms with van der Waals surface area (Å²) in [5, 5.41) is 2.12. The third kappa shape index (κ3) is 6.11. The number of nitrogens with zero attached hydrogens (tertiary/aromatic N) is 2. The number of methoxy groups -OCH3 is 2. The molecule has 3 aromatic rings. The minimum Gasteiger partial charge on any atom is -0.503 e. The molecule has 0 saturated carbocycles. The zero-order valence-electron chi connectivity index (χ0n) is 19.5. The summed E-state index contributed by atoms with van der Waals surface area (Å²) >= 11 is 0. The van der Waals surface area contributed by atoms with E-state index in [1.54, 1.807) is 24.3 Å². The SMILES string of the molecule is CO/C=C(/C(=O)OC)c1ccccc1COc1nc(Nc2ccc(F)c(F)c2F)nc(C(F)(F)F)c1C. The average Bonchev–Trinajstić information content (AvgIpc) is 2.86. The van der Waals surface area contributed by atoms with Crippen molar-refractivity contribution in [3.63, 3.8) is 0 Å². The molecule has 0 fully saturated rings. The molecule has 7 nitrogen and oxygen atoms in total. The number of esters is 1. The first kappa shape index (κ1) is 27.3. The molecule has 2 aromatic carbocycles. The molecule has 13 heteroatoms. The quantitative estimate of drug-likeness (QED) is 0.132. The Hall–Kier alpha value is -4.29. The topological polar surface area (TPSA) is 82.6 Å². The van der Waals surface area contributed by atoms with Crippen molar-refractivity contribution in [1.29, 1.82) is 0 Å². The van der Waals surface area contributed by atoms with Gasteiger partial charge in [0.25, 0.3) is 0 Å². The Morgan fingerprint density at radius 2 is 1.73 bits per heavy atom. The van der Waals surface area contributed by atoms with E-state index >= 15 is 0 Å². The molecule has 0 saturated heterocycles. The lowest BCUT2D eigenvalue weighted by atomic mass is 10.0. The van der Waals surface area contributed by atoms with Gasteiger partial charge in [0, 0.05) is 5.56 Å². The fourth-order valence-corrected chi connectivity index (χ4v) is 3.22. The van der Waals surface area contributed by atoms with Gasteiger partial charge in [-0.05, 0) is 30.2 Å². The summed E-state index contributed by atoms with van der Waals surface area (Å²) in [5.74, 6) is -7.02. The van der Waals surface area contributed by atoms with E-state index in [0.717, 1.165) is 26.4 Å². The predicted octanol–water partition coefficient (Wildman–Crippen LogP) is 5.70. The van der Waals surface area contributed by atoms with Crippen molar-refractivity contribution in [3.05, 3.63) is 82.5 Å². The van der Waals surface area contributed by atoms with Gasteiger partial charge in [-0.3, -0.25) is 0 Å². The number of hydrogen-bond donors (Lipinski definition) is 1. The molecule has 0 atom stereocenters. The van der Waals surface area contributed by atoms with E-state index in [4.69, 9.17) is 14.2 Å². The second kappa shape index (κ2) is 11.2. The number of carbonyl (C=O) groups excluding carboxylic acids is 1. The van der Waals surface area contributed by atoms with Crippen molar-refractivity contribution in [2.45, 2.75) is 19.7 Å². The van der Waals surface area contributed by atoms with Crippen LogP contribution in [0.5, 0.6) is 5.88 Å². The van der Waals surface area contributed by atoms with E-state index in [-0.39, 0.29) is 12.2 Å². The summed E-state index contributed by atoms with van der Waals surface area (Å²) in [5.41, 5.74) is -1.87. The van der Waals surface area contributed by atoms with Crippen LogP contribution in [0.15, 0.2) is 42.7 Å². The Bertz CT molecular complexity index is 1340. The van der Waals surface area contributed by atoms with Gasteiger partial charge < -0.3 is 19.5 Å². The summed E-state index contributed by atoms with van der Waals surface area (Å²) in [6, 6.07) is 7.68. The van der Waals surface area contributed by atoms with Gasteiger partial charge in [0.1, 0.15) is 12.2 Å². The van der Waals surface area contributed by atoms with E-state index < -0.39 is 58.4 Å². The Morgan fingerprint density at radius 3 is 2.38 bits per heavy atom. The van der Waals surface area contributed by atoms with E-state index in [1.807, 2.05) is 0 Å². The largest absolute Gasteiger partial charge is 0.503 e. The molecule has 1 N–H and O–H groups in total. The fourth-order valence-electron chi connectivity index (χ4n) is 3.22. The maximum Gasteiger partial charge on any atom is 0.433 e. The number of carbonyl (C=O) groups is 1. The number of ether oxygens (including phenoxy) is 3. The van der Waals surface area contributed by atoms with E-state index in [9.17, 15) is 31.1 Å². The van der Waals surface area contributed by atoms with Crippen LogP contribution in [0.4, 0.5) is 38.0 Å². The molecule has 0 amide bonds. The van der Waals surface area contributed by atoms with Gasteiger partial charge in [0.05, 0.1) is 26.2 Å². The molecule has 0 aliphatic heterocycles. The smallest absolute Gasteiger partial charge is 0.433 e. The number of rotatable bonds is 8. The highest BCUT2D eigenvalue weighted by atomic mass is 19.4. The minimum atomic E-state index is -4.95. The molecule has 3 rings (SSSR count). The van der Waals surface area contributed by atoms with Gasteiger partial charge in [-0.2, -0.15) is 18.2 Å². The summed E-state index contributed by atoms with van der Waals surface area (Å²) in [7, 11) is 2.48. The van der Waals surface area contributed by atoms with E-state index in [1.165, 1.54) is 7.11 Å².